The molecule has 0 amide bonds. The van der Waals surface area contributed by atoms with Crippen molar-refractivity contribution in [3.8, 4) is 11.3 Å². The van der Waals surface area contributed by atoms with Gasteiger partial charge in [0.25, 0.3) is 0 Å². The third-order valence-electron chi connectivity index (χ3n) is 6.87. The number of halogens is 2. The Morgan fingerprint density at radius 3 is 2.60 bits per heavy atom. The summed E-state index contributed by atoms with van der Waals surface area (Å²) in [6, 6.07) is 10.4. The molecule has 0 bridgehead atoms. The van der Waals surface area contributed by atoms with Gasteiger partial charge in [-0.3, -0.25) is 4.79 Å². The van der Waals surface area contributed by atoms with Gasteiger partial charge in [-0.15, -0.1) is 0 Å². The van der Waals surface area contributed by atoms with E-state index < -0.39 is 28.6 Å². The number of H-pyrrole nitrogens is 1. The molecule has 1 atom stereocenters. The molecule has 35 heavy (non-hydrogen) atoms. The molecule has 0 radical (unpaired) electrons. The van der Waals surface area contributed by atoms with Crippen molar-refractivity contribution < 1.29 is 18.7 Å². The molecule has 8 nitrogen and oxygen atoms in total. The van der Waals surface area contributed by atoms with Gasteiger partial charge in [-0.25, -0.2) is 13.6 Å². The number of aromatic carboxylic acids is 1. The van der Waals surface area contributed by atoms with Crippen LogP contribution in [-0.2, 0) is 0 Å². The monoisotopic (exact) mass is 477 g/mol. The van der Waals surface area contributed by atoms with E-state index in [1.54, 1.807) is 4.90 Å². The quantitative estimate of drug-likeness (QED) is 0.449. The van der Waals surface area contributed by atoms with Gasteiger partial charge < -0.3 is 14.6 Å². The van der Waals surface area contributed by atoms with Crippen LogP contribution in [0.3, 0.4) is 0 Å². The number of nitrogens with zero attached hydrogens (tertiary/aromatic N) is 4. The highest BCUT2D eigenvalue weighted by Gasteiger charge is 2.34. The number of carboxylic acid groups (broad SMARTS) is 1. The van der Waals surface area contributed by atoms with Gasteiger partial charge in [-0.2, -0.15) is 15.4 Å². The summed E-state index contributed by atoms with van der Waals surface area (Å²) in [5.41, 5.74) is 0.720. The fraction of sp³-hybridized carbons (Fsp3) is 0.280. The Balaban J connectivity index is 1.41. The number of hydrogen-bond donors (Lipinski definition) is 2. The molecule has 2 fully saturated rings. The predicted molar refractivity (Wildman–Crippen MR) is 125 cm³/mol. The summed E-state index contributed by atoms with van der Waals surface area (Å²) >= 11 is 0. The Bertz CT molecular complexity index is 1530. The summed E-state index contributed by atoms with van der Waals surface area (Å²) in [7, 11) is 0. The molecule has 1 aliphatic carbocycles. The molecule has 6 rings (SSSR count). The fourth-order valence-corrected chi connectivity index (χ4v) is 5.03. The van der Waals surface area contributed by atoms with Crippen LogP contribution in [0.1, 0.15) is 47.3 Å². The van der Waals surface area contributed by atoms with Crippen LogP contribution >= 0.6 is 0 Å². The van der Waals surface area contributed by atoms with Crippen molar-refractivity contribution in [2.24, 2.45) is 0 Å². The molecule has 1 aliphatic heterocycles. The molecule has 0 spiro atoms. The van der Waals surface area contributed by atoms with Crippen molar-refractivity contribution in [1.82, 2.24) is 20.0 Å². The van der Waals surface area contributed by atoms with E-state index in [9.17, 15) is 14.7 Å². The van der Waals surface area contributed by atoms with Crippen molar-refractivity contribution in [2.45, 2.75) is 31.2 Å². The summed E-state index contributed by atoms with van der Waals surface area (Å²) < 4.78 is 32.7. The third-order valence-corrected chi connectivity index (χ3v) is 6.87. The smallest absolute Gasteiger partial charge is 0.341 e. The number of aromatic nitrogens is 4. The SMILES string of the molecule is O=C(O)c1cn(C2CC2)c2c(F)c(N3CCC(c4n[nH]nc4-c4ccccc4)C3)c(F)cc2c1=O. The maximum Gasteiger partial charge on any atom is 0.341 e. The summed E-state index contributed by atoms with van der Waals surface area (Å²) in [6.07, 6.45) is 3.28. The maximum atomic E-state index is 15.9. The third kappa shape index (κ3) is 3.48. The summed E-state index contributed by atoms with van der Waals surface area (Å²) in [4.78, 5) is 25.9. The van der Waals surface area contributed by atoms with Gasteiger partial charge >= 0.3 is 5.97 Å². The number of rotatable bonds is 5. The largest absolute Gasteiger partial charge is 0.477 e. The molecule has 1 saturated heterocycles. The van der Waals surface area contributed by atoms with E-state index in [1.165, 1.54) is 10.8 Å². The molecule has 3 heterocycles. The van der Waals surface area contributed by atoms with Crippen LogP contribution in [0.2, 0.25) is 0 Å². The Hall–Kier alpha value is -4.08. The zero-order valence-corrected chi connectivity index (χ0v) is 18.5. The van der Waals surface area contributed by atoms with E-state index in [-0.39, 0.29) is 28.6 Å². The van der Waals surface area contributed by atoms with E-state index in [4.69, 9.17) is 0 Å². The average molecular weight is 477 g/mol. The van der Waals surface area contributed by atoms with Gasteiger partial charge in [0.15, 0.2) is 5.82 Å². The first kappa shape index (κ1) is 21.5. The zero-order chi connectivity index (χ0) is 24.3. The van der Waals surface area contributed by atoms with Crippen molar-refractivity contribution in [1.29, 1.82) is 0 Å². The number of nitrogens with one attached hydrogen (secondary N) is 1. The number of carbonyl (C=O) groups is 1. The molecule has 2 aromatic carbocycles. The van der Waals surface area contributed by atoms with Crippen molar-refractivity contribution in [3.63, 3.8) is 0 Å². The molecule has 2 N–H and O–H groups in total. The number of aromatic amines is 1. The minimum atomic E-state index is -1.42. The van der Waals surface area contributed by atoms with Crippen LogP contribution in [0.4, 0.5) is 14.5 Å². The van der Waals surface area contributed by atoms with E-state index in [0.717, 1.165) is 30.2 Å². The second-order valence-electron chi connectivity index (χ2n) is 9.09. The lowest BCUT2D eigenvalue weighted by molar-refractivity contribution is 0.0694. The number of pyridine rings is 1. The molecule has 1 saturated carbocycles. The number of carboxylic acids is 1. The molecule has 2 aliphatic rings. The standard InChI is InChI=1S/C25H21F2N5O3/c26-18-10-16-22(32(15-6-7-15)12-17(24(16)33)25(34)35)19(27)23(18)31-9-8-14(11-31)21-20(28-30-29-21)13-4-2-1-3-5-13/h1-5,10,12,14-15H,6-9,11H2,(H,34,35)(H,28,29,30). The van der Waals surface area contributed by atoms with Crippen molar-refractivity contribution in [2.75, 3.05) is 18.0 Å². The molecule has 1 unspecified atom stereocenters. The van der Waals surface area contributed by atoms with Crippen LogP contribution in [0, 0.1) is 11.6 Å². The lowest BCUT2D eigenvalue weighted by Gasteiger charge is -2.22. The number of benzene rings is 2. The first-order chi connectivity index (χ1) is 16.9. The van der Waals surface area contributed by atoms with E-state index in [2.05, 4.69) is 15.4 Å². The predicted octanol–water partition coefficient (Wildman–Crippen LogP) is 4.09. The molecule has 2 aromatic heterocycles. The van der Waals surface area contributed by atoms with Crippen LogP contribution in [0.15, 0.2) is 47.4 Å². The first-order valence-corrected chi connectivity index (χ1v) is 11.4. The average Bonchev–Trinajstić information content (AvgIpc) is 3.37. The van der Waals surface area contributed by atoms with Crippen LogP contribution < -0.4 is 10.3 Å². The van der Waals surface area contributed by atoms with Gasteiger partial charge in [-0.1, -0.05) is 30.3 Å². The summed E-state index contributed by atoms with van der Waals surface area (Å²) in [5, 5.41) is 20.4. The second kappa shape index (κ2) is 8.00. The fourth-order valence-electron chi connectivity index (χ4n) is 5.03. The molecule has 178 valence electrons. The first-order valence-electron chi connectivity index (χ1n) is 11.4. The summed E-state index contributed by atoms with van der Waals surface area (Å²) in [6.45, 7) is 0.721. The number of hydrogen-bond acceptors (Lipinski definition) is 5. The summed E-state index contributed by atoms with van der Waals surface area (Å²) in [5.74, 6) is -3.25. The van der Waals surface area contributed by atoms with Crippen molar-refractivity contribution >= 4 is 22.6 Å². The maximum absolute atomic E-state index is 15.9. The molecular formula is C25H21F2N5O3. The van der Waals surface area contributed by atoms with Crippen LogP contribution in [-0.4, -0.2) is 44.1 Å². The Labute approximate surface area is 197 Å². The van der Waals surface area contributed by atoms with Gasteiger partial charge in [-0.05, 0) is 25.3 Å². The minimum Gasteiger partial charge on any atom is -0.477 e. The molecular weight excluding hydrogens is 456 g/mol. The Kier molecular flexibility index (Phi) is 4.91. The van der Waals surface area contributed by atoms with Crippen molar-refractivity contribution in [3.05, 3.63) is 75.7 Å². The van der Waals surface area contributed by atoms with Gasteiger partial charge in [0.2, 0.25) is 5.43 Å². The van der Waals surface area contributed by atoms with Crippen LogP contribution in [0.25, 0.3) is 22.2 Å². The highest BCUT2D eigenvalue weighted by molar-refractivity contribution is 5.94. The lowest BCUT2D eigenvalue weighted by atomic mass is 9.99. The van der Waals surface area contributed by atoms with Gasteiger partial charge in [0.1, 0.15) is 22.8 Å². The highest BCUT2D eigenvalue weighted by Crippen LogP contribution is 2.41. The molecule has 10 heteroatoms. The second-order valence-corrected chi connectivity index (χ2v) is 9.09. The number of anilines is 1. The zero-order valence-electron chi connectivity index (χ0n) is 18.5. The Morgan fingerprint density at radius 1 is 1.11 bits per heavy atom. The Morgan fingerprint density at radius 2 is 1.89 bits per heavy atom. The highest BCUT2D eigenvalue weighted by atomic mass is 19.1. The number of fused-ring (bicyclic) bond motifs is 1. The van der Waals surface area contributed by atoms with E-state index in [0.29, 0.717) is 25.2 Å². The van der Waals surface area contributed by atoms with Gasteiger partial charge in [0.05, 0.1) is 16.6 Å². The van der Waals surface area contributed by atoms with Gasteiger partial charge in [0, 0.05) is 36.8 Å². The normalized spacial score (nSPS) is 17.9. The van der Waals surface area contributed by atoms with Crippen LogP contribution in [0.5, 0.6) is 0 Å². The topological polar surface area (TPSA) is 104 Å². The minimum absolute atomic E-state index is 0.0474. The van der Waals surface area contributed by atoms with E-state index >= 15 is 8.78 Å². The molecule has 4 aromatic rings. The van der Waals surface area contributed by atoms with E-state index in [1.807, 2.05) is 30.3 Å². The lowest BCUT2D eigenvalue weighted by Crippen LogP contribution is -2.24.